The van der Waals surface area contributed by atoms with E-state index >= 15 is 0 Å². The molecule has 3 rings (SSSR count). The van der Waals surface area contributed by atoms with E-state index in [1.807, 2.05) is 12.1 Å². The highest BCUT2D eigenvalue weighted by atomic mass is 32.2. The molecule has 1 aliphatic rings. The smallest absolute Gasteiger partial charge is 0.119 e. The number of benzene rings is 2. The number of aliphatic hydroxyl groups is 1. The van der Waals surface area contributed by atoms with E-state index in [0.29, 0.717) is 0 Å². The number of methoxy groups -OCH3 is 1. The first-order chi connectivity index (χ1) is 12.7. The summed E-state index contributed by atoms with van der Waals surface area (Å²) < 4.78 is 5.32. The van der Waals surface area contributed by atoms with Crippen LogP contribution >= 0.6 is 11.8 Å². The van der Waals surface area contributed by atoms with E-state index in [9.17, 15) is 5.11 Å². The Kier molecular flexibility index (Phi) is 7.00. The number of hydrogen-bond acceptors (Lipinski definition) is 4. The SMILES string of the molecule is CSc1ccc(CCCCN2CCc3cc(O[11CH3])ccc3C(O)C2)cc1. The molecule has 1 atom stereocenters. The highest BCUT2D eigenvalue weighted by molar-refractivity contribution is 7.98. The molecule has 1 N–H and O–H groups in total. The van der Waals surface area contributed by atoms with Crippen LogP contribution < -0.4 is 4.74 Å². The highest BCUT2D eigenvalue weighted by Crippen LogP contribution is 2.27. The van der Waals surface area contributed by atoms with Crippen LogP contribution in [0.5, 0.6) is 5.75 Å². The van der Waals surface area contributed by atoms with Gasteiger partial charge in [0.25, 0.3) is 0 Å². The molecule has 0 radical (unpaired) electrons. The van der Waals surface area contributed by atoms with Crippen LogP contribution in [0, 0.1) is 0 Å². The lowest BCUT2D eigenvalue weighted by Gasteiger charge is -2.22. The third-order valence-corrected chi connectivity index (χ3v) is 5.93. The number of nitrogens with zero attached hydrogens (tertiary/aromatic N) is 1. The van der Waals surface area contributed by atoms with Crippen LogP contribution in [0.3, 0.4) is 0 Å². The fraction of sp³-hybridized carbons (Fsp3) is 0.455. The van der Waals surface area contributed by atoms with Crippen molar-refractivity contribution in [3.8, 4) is 5.75 Å². The van der Waals surface area contributed by atoms with Gasteiger partial charge in [-0.3, -0.25) is 0 Å². The number of rotatable bonds is 7. The molecule has 0 bridgehead atoms. The van der Waals surface area contributed by atoms with E-state index in [1.165, 1.54) is 22.4 Å². The minimum atomic E-state index is -0.405. The van der Waals surface area contributed by atoms with Crippen LogP contribution in [0.15, 0.2) is 47.4 Å². The molecule has 0 amide bonds. The molecule has 0 aliphatic carbocycles. The molecule has 0 saturated carbocycles. The van der Waals surface area contributed by atoms with Crippen LogP contribution in [0.1, 0.15) is 35.6 Å². The number of β-amino-alcohol motifs (C(OH)–C–C–N with tert-alkyl or cyclic N) is 1. The number of thioether (sulfide) groups is 1. The Morgan fingerprint density at radius 1 is 1.15 bits per heavy atom. The monoisotopic (exact) mass is 370 g/mol. The van der Waals surface area contributed by atoms with Gasteiger partial charge in [-0.05, 0) is 79.4 Å². The van der Waals surface area contributed by atoms with Gasteiger partial charge in [-0.15, -0.1) is 11.8 Å². The van der Waals surface area contributed by atoms with Gasteiger partial charge in [0.1, 0.15) is 5.75 Å². The molecule has 4 heteroatoms. The molecule has 2 aromatic carbocycles. The first kappa shape index (κ1) is 19.3. The van der Waals surface area contributed by atoms with Gasteiger partial charge in [0, 0.05) is 18.0 Å². The van der Waals surface area contributed by atoms with Crippen molar-refractivity contribution >= 4 is 11.8 Å². The van der Waals surface area contributed by atoms with Crippen molar-refractivity contribution in [3.05, 3.63) is 59.2 Å². The Morgan fingerprint density at radius 2 is 1.96 bits per heavy atom. The maximum atomic E-state index is 10.6. The Bertz CT molecular complexity index is 702. The average Bonchev–Trinajstić information content (AvgIpc) is 2.84. The predicted octanol–water partition coefficient (Wildman–Crippen LogP) is 4.33. The molecule has 1 unspecified atom stereocenters. The summed E-state index contributed by atoms with van der Waals surface area (Å²) in [5, 5.41) is 10.6. The van der Waals surface area contributed by atoms with E-state index in [-0.39, 0.29) is 0 Å². The summed E-state index contributed by atoms with van der Waals surface area (Å²) in [5.74, 6) is 0.872. The van der Waals surface area contributed by atoms with Crippen LogP contribution in [-0.4, -0.2) is 43.0 Å². The first-order valence-corrected chi connectivity index (χ1v) is 10.6. The van der Waals surface area contributed by atoms with Gasteiger partial charge in [-0.25, -0.2) is 0 Å². The minimum Gasteiger partial charge on any atom is -0.497 e. The van der Waals surface area contributed by atoms with Gasteiger partial charge < -0.3 is 14.7 Å². The summed E-state index contributed by atoms with van der Waals surface area (Å²) in [6, 6.07) is 14.9. The van der Waals surface area contributed by atoms with Crippen molar-refractivity contribution in [1.29, 1.82) is 0 Å². The summed E-state index contributed by atoms with van der Waals surface area (Å²) in [6.45, 7) is 2.77. The molecule has 1 heterocycles. The van der Waals surface area contributed by atoms with Gasteiger partial charge in [0.2, 0.25) is 0 Å². The molecular formula is C22H29NO2S. The molecule has 0 spiro atoms. The number of ether oxygens (including phenoxy) is 1. The number of fused-ring (bicyclic) bond motifs is 1. The second-order valence-corrected chi connectivity index (χ2v) is 7.82. The predicted molar refractivity (Wildman–Crippen MR) is 109 cm³/mol. The minimum absolute atomic E-state index is 0.405. The van der Waals surface area contributed by atoms with Gasteiger partial charge in [0.05, 0.1) is 13.2 Å². The number of unbranched alkanes of at least 4 members (excludes halogenated alkanes) is 1. The van der Waals surface area contributed by atoms with Crippen LogP contribution in [0.4, 0.5) is 0 Å². The highest BCUT2D eigenvalue weighted by Gasteiger charge is 2.21. The lowest BCUT2D eigenvalue weighted by molar-refractivity contribution is 0.119. The lowest BCUT2D eigenvalue weighted by atomic mass is 10.0. The number of hydrogen-bond donors (Lipinski definition) is 1. The summed E-state index contributed by atoms with van der Waals surface area (Å²) in [5.41, 5.74) is 3.69. The molecule has 140 valence electrons. The molecule has 0 aromatic heterocycles. The van der Waals surface area contributed by atoms with E-state index < -0.39 is 6.10 Å². The van der Waals surface area contributed by atoms with Gasteiger partial charge in [-0.1, -0.05) is 18.2 Å². The van der Waals surface area contributed by atoms with Crippen molar-refractivity contribution in [2.45, 2.75) is 36.7 Å². The Labute approximate surface area is 161 Å². The van der Waals surface area contributed by atoms with E-state index in [2.05, 4.69) is 41.5 Å². The zero-order valence-electron chi connectivity index (χ0n) is 15.8. The third-order valence-electron chi connectivity index (χ3n) is 5.19. The maximum absolute atomic E-state index is 10.6. The zero-order chi connectivity index (χ0) is 18.4. The van der Waals surface area contributed by atoms with Crippen molar-refractivity contribution in [1.82, 2.24) is 4.90 Å². The van der Waals surface area contributed by atoms with Crippen molar-refractivity contribution in [2.75, 3.05) is 33.0 Å². The first-order valence-electron chi connectivity index (χ1n) is 9.40. The molecule has 26 heavy (non-hydrogen) atoms. The Morgan fingerprint density at radius 3 is 2.69 bits per heavy atom. The maximum Gasteiger partial charge on any atom is 0.119 e. The fourth-order valence-corrected chi connectivity index (χ4v) is 4.03. The fourth-order valence-electron chi connectivity index (χ4n) is 3.62. The quantitative estimate of drug-likeness (QED) is 0.581. The third kappa shape index (κ3) is 5.03. The van der Waals surface area contributed by atoms with E-state index in [0.717, 1.165) is 50.2 Å². The summed E-state index contributed by atoms with van der Waals surface area (Å²) in [6.07, 6.45) is 6.15. The number of aryl methyl sites for hydroxylation is 1. The van der Waals surface area contributed by atoms with Gasteiger partial charge in [-0.2, -0.15) is 0 Å². The normalized spacial score (nSPS) is 17.6. The molecule has 1 aliphatic heterocycles. The molecule has 0 saturated heterocycles. The topological polar surface area (TPSA) is 32.7 Å². The van der Waals surface area contributed by atoms with Crippen molar-refractivity contribution < 1.29 is 9.84 Å². The number of aliphatic hydroxyl groups excluding tert-OH is 1. The van der Waals surface area contributed by atoms with E-state index in [4.69, 9.17) is 4.74 Å². The van der Waals surface area contributed by atoms with Crippen LogP contribution in [-0.2, 0) is 12.8 Å². The van der Waals surface area contributed by atoms with Gasteiger partial charge in [0.15, 0.2) is 0 Å². The molecular weight excluding hydrogens is 341 g/mol. The lowest BCUT2D eigenvalue weighted by Crippen LogP contribution is -2.29. The molecule has 2 aromatic rings. The second kappa shape index (κ2) is 9.45. The Hall–Kier alpha value is -1.49. The molecule has 0 fully saturated rings. The van der Waals surface area contributed by atoms with Crippen LogP contribution in [0.25, 0.3) is 0 Å². The summed E-state index contributed by atoms with van der Waals surface area (Å²) >= 11 is 1.79. The average molecular weight is 371 g/mol. The van der Waals surface area contributed by atoms with Gasteiger partial charge >= 0.3 is 0 Å². The summed E-state index contributed by atoms with van der Waals surface area (Å²) in [7, 11) is 1.69. The summed E-state index contributed by atoms with van der Waals surface area (Å²) in [4.78, 5) is 3.72. The standard InChI is InChI=1S/C22H29NO2S/c1-25-19-8-11-21-18(15-19)12-14-23(16-22(21)24)13-4-3-5-17-6-9-20(26-2)10-7-17/h6-11,15,22,24H,3-5,12-14,16H2,1-2H3/i1-1. The van der Waals surface area contributed by atoms with E-state index in [1.54, 1.807) is 18.9 Å². The second-order valence-electron chi connectivity index (χ2n) is 6.94. The molecule has 3 nitrogen and oxygen atoms in total. The largest absolute Gasteiger partial charge is 0.497 e. The van der Waals surface area contributed by atoms with Crippen LogP contribution in [0.2, 0.25) is 0 Å². The zero-order valence-corrected chi connectivity index (χ0v) is 16.6. The Balaban J connectivity index is 1.47. The van der Waals surface area contributed by atoms with Crippen molar-refractivity contribution in [3.63, 3.8) is 0 Å². The van der Waals surface area contributed by atoms with Crippen molar-refractivity contribution in [2.24, 2.45) is 0 Å².